The van der Waals surface area contributed by atoms with Crippen LogP contribution in [0.2, 0.25) is 0 Å². The van der Waals surface area contributed by atoms with E-state index in [9.17, 15) is 0 Å². The van der Waals surface area contributed by atoms with E-state index in [1.54, 1.807) is 0 Å². The summed E-state index contributed by atoms with van der Waals surface area (Å²) in [5, 5.41) is 3.43. The van der Waals surface area contributed by atoms with Crippen molar-refractivity contribution >= 4 is 15.9 Å². The smallest absolute Gasteiger partial charge is 0.208 e. The average Bonchev–Trinajstić information content (AvgIpc) is 2.69. The number of aromatic nitrogens is 1. The average molecular weight is 323 g/mol. The number of hydrogen-bond donors (Lipinski definition) is 1. The van der Waals surface area contributed by atoms with Crippen molar-refractivity contribution in [3.05, 3.63) is 51.6 Å². The molecule has 0 saturated carbocycles. The van der Waals surface area contributed by atoms with Gasteiger partial charge >= 0.3 is 0 Å². The van der Waals surface area contributed by atoms with Crippen LogP contribution in [0.4, 0.5) is 0 Å². The zero-order valence-corrected chi connectivity index (χ0v) is 13.1. The van der Waals surface area contributed by atoms with Crippen LogP contribution in [0.3, 0.4) is 0 Å². The Morgan fingerprint density at radius 3 is 2.53 bits per heavy atom. The predicted molar refractivity (Wildman–Crippen MR) is 80.1 cm³/mol. The SMILES string of the molecule is Cc1nc(CNC(C)Cc2ccc(Br)cc2)oc1C. The van der Waals surface area contributed by atoms with E-state index in [2.05, 4.69) is 57.4 Å². The molecule has 0 saturated heterocycles. The molecule has 1 atom stereocenters. The Morgan fingerprint density at radius 2 is 1.95 bits per heavy atom. The van der Waals surface area contributed by atoms with Gasteiger partial charge in [0.1, 0.15) is 5.76 Å². The minimum atomic E-state index is 0.383. The van der Waals surface area contributed by atoms with E-state index in [0.29, 0.717) is 12.6 Å². The van der Waals surface area contributed by atoms with Gasteiger partial charge in [0.05, 0.1) is 12.2 Å². The first kappa shape index (κ1) is 14.3. The summed E-state index contributed by atoms with van der Waals surface area (Å²) < 4.78 is 6.66. The van der Waals surface area contributed by atoms with Crippen LogP contribution in [0.15, 0.2) is 33.2 Å². The standard InChI is InChI=1S/C15H19BrN2O/c1-10(8-13-4-6-14(16)7-5-13)17-9-15-18-11(2)12(3)19-15/h4-7,10,17H,8-9H2,1-3H3. The van der Waals surface area contributed by atoms with Crippen molar-refractivity contribution in [1.29, 1.82) is 0 Å². The quantitative estimate of drug-likeness (QED) is 0.910. The predicted octanol–water partition coefficient (Wildman–Crippen LogP) is 3.77. The third kappa shape index (κ3) is 4.18. The number of oxazole rings is 1. The summed E-state index contributed by atoms with van der Waals surface area (Å²) in [5.74, 6) is 1.66. The van der Waals surface area contributed by atoms with Gasteiger partial charge in [-0.2, -0.15) is 0 Å². The fourth-order valence-electron chi connectivity index (χ4n) is 1.92. The third-order valence-corrected chi connectivity index (χ3v) is 3.66. The summed E-state index contributed by atoms with van der Waals surface area (Å²) in [6.45, 7) is 6.75. The van der Waals surface area contributed by atoms with Crippen molar-refractivity contribution in [2.24, 2.45) is 0 Å². The van der Waals surface area contributed by atoms with Crippen LogP contribution in [-0.2, 0) is 13.0 Å². The summed E-state index contributed by atoms with van der Waals surface area (Å²) in [7, 11) is 0. The number of nitrogens with one attached hydrogen (secondary N) is 1. The fourth-order valence-corrected chi connectivity index (χ4v) is 2.19. The minimum absolute atomic E-state index is 0.383. The van der Waals surface area contributed by atoms with E-state index in [4.69, 9.17) is 4.42 Å². The first-order valence-corrected chi connectivity index (χ1v) is 7.24. The Labute approximate surface area is 122 Å². The molecule has 0 spiro atoms. The van der Waals surface area contributed by atoms with Crippen molar-refractivity contribution in [3.8, 4) is 0 Å². The van der Waals surface area contributed by atoms with Crippen LogP contribution >= 0.6 is 15.9 Å². The molecule has 1 aromatic carbocycles. The zero-order chi connectivity index (χ0) is 13.8. The zero-order valence-electron chi connectivity index (χ0n) is 11.5. The molecule has 102 valence electrons. The van der Waals surface area contributed by atoms with Gasteiger partial charge in [-0.25, -0.2) is 4.98 Å². The maximum absolute atomic E-state index is 5.55. The topological polar surface area (TPSA) is 38.1 Å². The number of halogens is 1. The molecule has 1 aromatic heterocycles. The van der Waals surface area contributed by atoms with Gasteiger partial charge in [-0.1, -0.05) is 28.1 Å². The highest BCUT2D eigenvalue weighted by atomic mass is 79.9. The van der Waals surface area contributed by atoms with Crippen LogP contribution < -0.4 is 5.32 Å². The largest absolute Gasteiger partial charge is 0.444 e. The molecule has 1 unspecified atom stereocenters. The van der Waals surface area contributed by atoms with Crippen LogP contribution in [0.25, 0.3) is 0 Å². The molecule has 1 N–H and O–H groups in total. The Bertz CT molecular complexity index is 514. The highest BCUT2D eigenvalue weighted by molar-refractivity contribution is 9.10. The number of nitrogens with zero attached hydrogens (tertiary/aromatic N) is 1. The molecule has 2 rings (SSSR count). The van der Waals surface area contributed by atoms with Crippen LogP contribution in [0, 0.1) is 13.8 Å². The number of rotatable bonds is 5. The second kappa shape index (κ2) is 6.35. The van der Waals surface area contributed by atoms with Gasteiger partial charge in [0.25, 0.3) is 0 Å². The van der Waals surface area contributed by atoms with Gasteiger partial charge in [0.2, 0.25) is 5.89 Å². The molecule has 19 heavy (non-hydrogen) atoms. The third-order valence-electron chi connectivity index (χ3n) is 3.13. The summed E-state index contributed by atoms with van der Waals surface area (Å²) in [5.41, 5.74) is 2.29. The molecule has 0 aliphatic heterocycles. The highest BCUT2D eigenvalue weighted by Crippen LogP contribution is 2.12. The van der Waals surface area contributed by atoms with Gasteiger partial charge in [-0.15, -0.1) is 0 Å². The lowest BCUT2D eigenvalue weighted by molar-refractivity contribution is 0.427. The van der Waals surface area contributed by atoms with Crippen molar-refractivity contribution in [2.75, 3.05) is 0 Å². The van der Waals surface area contributed by atoms with Crippen molar-refractivity contribution in [1.82, 2.24) is 10.3 Å². The molecular formula is C15H19BrN2O. The summed E-state index contributed by atoms with van der Waals surface area (Å²) in [6, 6.07) is 8.81. The number of benzene rings is 1. The first-order chi connectivity index (χ1) is 9.04. The maximum atomic E-state index is 5.55. The normalized spacial score (nSPS) is 12.6. The van der Waals surface area contributed by atoms with Crippen LogP contribution in [0.5, 0.6) is 0 Å². The molecule has 2 aromatic rings. The van der Waals surface area contributed by atoms with E-state index < -0.39 is 0 Å². The summed E-state index contributed by atoms with van der Waals surface area (Å²) in [6.07, 6.45) is 0.992. The molecule has 3 nitrogen and oxygen atoms in total. The Morgan fingerprint density at radius 1 is 1.26 bits per heavy atom. The first-order valence-electron chi connectivity index (χ1n) is 6.45. The van der Waals surface area contributed by atoms with Crippen LogP contribution in [0.1, 0.15) is 29.8 Å². The lowest BCUT2D eigenvalue weighted by atomic mass is 10.1. The van der Waals surface area contributed by atoms with Gasteiger partial charge in [-0.3, -0.25) is 0 Å². The van der Waals surface area contributed by atoms with E-state index in [0.717, 1.165) is 28.2 Å². The second-order valence-corrected chi connectivity index (χ2v) is 5.78. The maximum Gasteiger partial charge on any atom is 0.208 e. The van der Waals surface area contributed by atoms with Gasteiger partial charge in [0, 0.05) is 10.5 Å². The lowest BCUT2D eigenvalue weighted by Gasteiger charge is -2.12. The molecule has 0 aliphatic rings. The molecular weight excluding hydrogens is 304 g/mol. The van der Waals surface area contributed by atoms with Crippen LogP contribution in [-0.4, -0.2) is 11.0 Å². The molecule has 4 heteroatoms. The lowest BCUT2D eigenvalue weighted by Crippen LogP contribution is -2.27. The number of aryl methyl sites for hydroxylation is 2. The Hall–Kier alpha value is -1.13. The highest BCUT2D eigenvalue weighted by Gasteiger charge is 2.08. The van der Waals surface area contributed by atoms with E-state index in [-0.39, 0.29) is 0 Å². The van der Waals surface area contributed by atoms with Gasteiger partial charge in [-0.05, 0) is 44.9 Å². The van der Waals surface area contributed by atoms with Crippen molar-refractivity contribution in [2.45, 2.75) is 39.8 Å². The molecule has 0 bridgehead atoms. The minimum Gasteiger partial charge on any atom is -0.444 e. The second-order valence-electron chi connectivity index (χ2n) is 4.86. The van der Waals surface area contributed by atoms with E-state index >= 15 is 0 Å². The molecule has 0 fully saturated rings. The van der Waals surface area contributed by atoms with Gasteiger partial charge < -0.3 is 9.73 Å². The Kier molecular flexibility index (Phi) is 4.77. The van der Waals surface area contributed by atoms with Crippen molar-refractivity contribution < 1.29 is 4.42 Å². The summed E-state index contributed by atoms with van der Waals surface area (Å²) in [4.78, 5) is 4.37. The van der Waals surface area contributed by atoms with Gasteiger partial charge in [0.15, 0.2) is 0 Å². The monoisotopic (exact) mass is 322 g/mol. The Balaban J connectivity index is 1.84. The summed E-state index contributed by atoms with van der Waals surface area (Å²) >= 11 is 3.45. The molecule has 0 radical (unpaired) electrons. The fraction of sp³-hybridized carbons (Fsp3) is 0.400. The molecule has 0 amide bonds. The van der Waals surface area contributed by atoms with E-state index in [1.165, 1.54) is 5.56 Å². The van der Waals surface area contributed by atoms with E-state index in [1.807, 2.05) is 13.8 Å². The van der Waals surface area contributed by atoms with Crippen molar-refractivity contribution in [3.63, 3.8) is 0 Å². The molecule has 0 aliphatic carbocycles. The molecule has 1 heterocycles. The number of hydrogen-bond acceptors (Lipinski definition) is 3.